The van der Waals surface area contributed by atoms with Gasteiger partial charge in [0.2, 0.25) is 5.91 Å². The van der Waals surface area contributed by atoms with Crippen LogP contribution in [0.3, 0.4) is 0 Å². The third-order valence-corrected chi connectivity index (χ3v) is 8.42. The molecule has 0 aliphatic carbocycles. The zero-order valence-electron chi connectivity index (χ0n) is 24.9. The molecule has 4 amide bonds. The summed E-state index contributed by atoms with van der Waals surface area (Å²) in [5.41, 5.74) is -0.274. The maximum absolute atomic E-state index is 14.4. The quantitative estimate of drug-likeness (QED) is 0.328. The molecule has 12 heteroatoms. The molecule has 3 aliphatic heterocycles. The lowest BCUT2D eigenvalue weighted by molar-refractivity contribution is -0.153. The fourth-order valence-electron chi connectivity index (χ4n) is 6.34. The molecule has 1 fully saturated rings. The van der Waals surface area contributed by atoms with E-state index in [0.717, 1.165) is 11.6 Å². The highest BCUT2D eigenvalue weighted by atomic mass is 19.4. The Hall–Kier alpha value is -4.61. The highest BCUT2D eigenvalue weighted by molar-refractivity contribution is 6.04. The number of esters is 1. The Labute approximate surface area is 259 Å². The monoisotopic (exact) mass is 624 g/mol. The second kappa shape index (κ2) is 13.2. The van der Waals surface area contributed by atoms with Crippen molar-refractivity contribution < 1.29 is 37.1 Å². The maximum Gasteiger partial charge on any atom is 0.416 e. The lowest BCUT2D eigenvalue weighted by Crippen LogP contribution is -2.54. The molecule has 3 aliphatic rings. The van der Waals surface area contributed by atoms with Gasteiger partial charge >= 0.3 is 18.2 Å². The van der Waals surface area contributed by atoms with E-state index in [9.17, 15) is 32.3 Å². The average molecular weight is 625 g/mol. The minimum atomic E-state index is -4.74. The third-order valence-electron chi connectivity index (χ3n) is 8.42. The molecule has 0 saturated carbocycles. The molecule has 5 rings (SSSR count). The topological polar surface area (TPSA) is 99.3 Å². The highest BCUT2D eigenvalue weighted by Gasteiger charge is 2.49. The number of hydrogen-bond donors (Lipinski definition) is 1. The Morgan fingerprint density at radius 2 is 1.82 bits per heavy atom. The Balaban J connectivity index is 1.54. The first kappa shape index (κ1) is 31.8. The molecular formula is C33H35F3N4O5. The molecule has 45 heavy (non-hydrogen) atoms. The molecule has 2 aromatic rings. The van der Waals surface area contributed by atoms with Crippen LogP contribution in [0.2, 0.25) is 0 Å². The first-order valence-electron chi connectivity index (χ1n) is 14.9. The minimum absolute atomic E-state index is 0.00404. The summed E-state index contributed by atoms with van der Waals surface area (Å²) >= 11 is 0. The Kier molecular flexibility index (Phi) is 9.31. The standard InChI is InChI=1S/C33H35F3N4O5/c1-3-16-39-26-20-40(30(42)27(26)28(37-32(39)44)23-14-8-9-15-24(23)33(34,35)36)25(18-21-11-6-5-7-12-21)29(41)38-17-10-13-22(19-38)31(43)45-4-2/h3,5-9,11-12,14-15,22,25,28H,1,4,10,13,16-20H2,2H3,(H,37,44)/t22-,25+,28+/m0/s1. The van der Waals surface area contributed by atoms with E-state index in [1.807, 2.05) is 30.3 Å². The van der Waals surface area contributed by atoms with Crippen molar-refractivity contribution in [3.05, 3.63) is 95.2 Å². The second-order valence-electron chi connectivity index (χ2n) is 11.2. The molecular weight excluding hydrogens is 589 g/mol. The van der Waals surface area contributed by atoms with Gasteiger partial charge in [-0.15, -0.1) is 6.58 Å². The number of piperidine rings is 1. The van der Waals surface area contributed by atoms with Gasteiger partial charge in [0.25, 0.3) is 5.91 Å². The van der Waals surface area contributed by atoms with Gasteiger partial charge in [0, 0.05) is 26.1 Å². The predicted octanol–water partition coefficient (Wildman–Crippen LogP) is 4.47. The summed E-state index contributed by atoms with van der Waals surface area (Å²) in [6.07, 6.45) is -2.03. The summed E-state index contributed by atoms with van der Waals surface area (Å²) in [4.78, 5) is 58.6. The predicted molar refractivity (Wildman–Crippen MR) is 158 cm³/mol. The van der Waals surface area contributed by atoms with E-state index >= 15 is 0 Å². The van der Waals surface area contributed by atoms with E-state index in [1.165, 1.54) is 34.1 Å². The van der Waals surface area contributed by atoms with Gasteiger partial charge in [0.05, 0.1) is 41.9 Å². The normalized spacial score (nSPS) is 20.9. The third kappa shape index (κ3) is 6.45. The number of halogens is 3. The summed E-state index contributed by atoms with van der Waals surface area (Å²) in [5, 5.41) is 2.60. The summed E-state index contributed by atoms with van der Waals surface area (Å²) in [5.74, 6) is -1.93. The van der Waals surface area contributed by atoms with Crippen LogP contribution in [-0.2, 0) is 31.7 Å². The fourth-order valence-corrected chi connectivity index (χ4v) is 6.34. The molecule has 2 aromatic carbocycles. The van der Waals surface area contributed by atoms with Gasteiger partial charge in [0.15, 0.2) is 0 Å². The van der Waals surface area contributed by atoms with Gasteiger partial charge in [-0.2, -0.15) is 13.2 Å². The lowest BCUT2D eigenvalue weighted by Gasteiger charge is -2.37. The zero-order valence-corrected chi connectivity index (χ0v) is 24.9. The van der Waals surface area contributed by atoms with E-state index < -0.39 is 41.7 Å². The van der Waals surface area contributed by atoms with E-state index in [4.69, 9.17) is 4.74 Å². The number of urea groups is 1. The van der Waals surface area contributed by atoms with Crippen LogP contribution in [0.15, 0.2) is 78.5 Å². The molecule has 0 aromatic heterocycles. The first-order valence-corrected chi connectivity index (χ1v) is 14.9. The van der Waals surface area contributed by atoms with E-state index in [0.29, 0.717) is 19.4 Å². The number of benzene rings is 2. The molecule has 1 N–H and O–H groups in total. The molecule has 1 saturated heterocycles. The van der Waals surface area contributed by atoms with E-state index in [2.05, 4.69) is 11.9 Å². The number of nitrogens with zero attached hydrogens (tertiary/aromatic N) is 3. The number of amides is 4. The number of carbonyl (C=O) groups is 4. The molecule has 3 heterocycles. The molecule has 3 atom stereocenters. The van der Waals surface area contributed by atoms with Crippen LogP contribution in [0.1, 0.15) is 42.5 Å². The van der Waals surface area contributed by atoms with Crippen molar-refractivity contribution in [1.29, 1.82) is 0 Å². The van der Waals surface area contributed by atoms with E-state index in [-0.39, 0.29) is 61.4 Å². The Morgan fingerprint density at radius 1 is 1.11 bits per heavy atom. The van der Waals surface area contributed by atoms with Crippen molar-refractivity contribution in [1.82, 2.24) is 20.0 Å². The molecule has 0 spiro atoms. The van der Waals surface area contributed by atoms with Crippen LogP contribution in [-0.4, -0.2) is 77.3 Å². The summed E-state index contributed by atoms with van der Waals surface area (Å²) in [7, 11) is 0. The Morgan fingerprint density at radius 3 is 2.51 bits per heavy atom. The number of likely N-dealkylation sites (tertiary alicyclic amines) is 1. The van der Waals surface area contributed by atoms with E-state index in [1.54, 1.807) is 11.8 Å². The fraction of sp³-hybridized carbons (Fsp3) is 0.394. The van der Waals surface area contributed by atoms with Crippen molar-refractivity contribution in [3.63, 3.8) is 0 Å². The zero-order chi connectivity index (χ0) is 32.3. The maximum atomic E-state index is 14.4. The lowest BCUT2D eigenvalue weighted by atomic mass is 9.91. The summed E-state index contributed by atoms with van der Waals surface area (Å²) in [6, 6.07) is 10.8. The largest absolute Gasteiger partial charge is 0.466 e. The van der Waals surface area contributed by atoms with Crippen LogP contribution >= 0.6 is 0 Å². The molecule has 0 bridgehead atoms. The summed E-state index contributed by atoms with van der Waals surface area (Å²) in [6.45, 7) is 5.95. The second-order valence-corrected chi connectivity index (χ2v) is 11.2. The first-order chi connectivity index (χ1) is 21.5. The van der Waals surface area contributed by atoms with Crippen LogP contribution in [0.25, 0.3) is 0 Å². The highest BCUT2D eigenvalue weighted by Crippen LogP contribution is 2.42. The van der Waals surface area contributed by atoms with Gasteiger partial charge in [-0.05, 0) is 37.0 Å². The number of rotatable bonds is 9. The molecule has 0 radical (unpaired) electrons. The van der Waals surface area contributed by atoms with Crippen molar-refractivity contribution in [3.8, 4) is 0 Å². The number of hydrogen-bond acceptors (Lipinski definition) is 5. The van der Waals surface area contributed by atoms with Crippen LogP contribution < -0.4 is 5.32 Å². The SMILES string of the molecule is C=CCN1C(=O)N[C@H](c2ccccc2C(F)(F)F)C2=C1CN([C@H](Cc1ccccc1)C(=O)N1CCC[C@H](C(=O)OCC)C1)C2=O. The van der Waals surface area contributed by atoms with Gasteiger partial charge in [0.1, 0.15) is 6.04 Å². The van der Waals surface area contributed by atoms with Gasteiger partial charge in [-0.25, -0.2) is 4.79 Å². The number of ether oxygens (including phenoxy) is 1. The molecule has 238 valence electrons. The number of carbonyl (C=O) groups excluding carboxylic acids is 4. The minimum Gasteiger partial charge on any atom is -0.466 e. The number of alkyl halides is 3. The van der Waals surface area contributed by atoms with Crippen LogP contribution in [0.4, 0.5) is 18.0 Å². The molecule has 0 unspecified atom stereocenters. The van der Waals surface area contributed by atoms with Crippen LogP contribution in [0, 0.1) is 5.92 Å². The summed E-state index contributed by atoms with van der Waals surface area (Å²) < 4.78 is 47.5. The van der Waals surface area contributed by atoms with Crippen molar-refractivity contribution in [2.24, 2.45) is 5.92 Å². The van der Waals surface area contributed by atoms with Gasteiger partial charge in [-0.1, -0.05) is 54.6 Å². The average Bonchev–Trinajstić information content (AvgIpc) is 3.37. The van der Waals surface area contributed by atoms with Crippen molar-refractivity contribution >= 4 is 23.8 Å². The van der Waals surface area contributed by atoms with Gasteiger partial charge in [-0.3, -0.25) is 19.3 Å². The van der Waals surface area contributed by atoms with Gasteiger partial charge < -0.3 is 19.9 Å². The Bertz CT molecular complexity index is 1510. The van der Waals surface area contributed by atoms with Crippen LogP contribution in [0.5, 0.6) is 0 Å². The van der Waals surface area contributed by atoms with Crippen molar-refractivity contribution in [2.45, 2.75) is 44.4 Å². The number of nitrogens with one attached hydrogen (secondary N) is 1. The molecule has 9 nitrogen and oxygen atoms in total. The smallest absolute Gasteiger partial charge is 0.416 e. The van der Waals surface area contributed by atoms with Crippen molar-refractivity contribution in [2.75, 3.05) is 32.8 Å².